The quantitative estimate of drug-likeness (QED) is 0.0443. The molecule has 1 saturated carbocycles. The van der Waals surface area contributed by atoms with E-state index in [9.17, 15) is 15.0 Å². The Balaban J connectivity index is 1.78. The molecule has 0 bridgehead atoms. The third-order valence-electron chi connectivity index (χ3n) is 10.7. The molecule has 10 nitrogen and oxygen atoms in total. The fraction of sp³-hybridized carbons (Fsp3) is 0.591. The lowest BCUT2D eigenvalue weighted by atomic mass is 9.55. The van der Waals surface area contributed by atoms with Crippen molar-refractivity contribution in [1.29, 1.82) is 0 Å². The Kier molecular flexibility index (Phi) is 16.0. The molecule has 0 radical (unpaired) electrons. The van der Waals surface area contributed by atoms with Crippen molar-refractivity contribution < 1.29 is 38.8 Å². The smallest absolute Gasteiger partial charge is 0.410 e. The van der Waals surface area contributed by atoms with E-state index in [1.54, 1.807) is 22.7 Å². The number of hydrogen-bond acceptors (Lipinski definition) is 10. The van der Waals surface area contributed by atoms with Crippen LogP contribution >= 0.6 is 23.4 Å². The molecule has 3 aliphatic rings. The monoisotopic (exact) mass is 812 g/mol. The average Bonchev–Trinajstić information content (AvgIpc) is 3.19. The van der Waals surface area contributed by atoms with Gasteiger partial charge in [-0.2, -0.15) is 0 Å². The zero-order valence-corrected chi connectivity index (χ0v) is 35.3. The number of nitrogens with zero attached hydrogens (tertiary/aromatic N) is 2. The number of aliphatic hydroxyl groups is 2. The highest BCUT2D eigenvalue weighted by molar-refractivity contribution is 7.98. The summed E-state index contributed by atoms with van der Waals surface area (Å²) in [6, 6.07) is 13.3. The van der Waals surface area contributed by atoms with E-state index in [0.717, 1.165) is 53.2 Å². The van der Waals surface area contributed by atoms with Crippen molar-refractivity contribution in [2.75, 3.05) is 45.1 Å². The summed E-state index contributed by atoms with van der Waals surface area (Å²) in [4.78, 5) is 23.1. The molecule has 56 heavy (non-hydrogen) atoms. The van der Waals surface area contributed by atoms with E-state index in [2.05, 4.69) is 18.7 Å². The van der Waals surface area contributed by atoms with Crippen LogP contribution in [0.1, 0.15) is 90.5 Å². The van der Waals surface area contributed by atoms with Gasteiger partial charge < -0.3 is 34.0 Å². The normalized spacial score (nSPS) is 24.7. The van der Waals surface area contributed by atoms with Crippen molar-refractivity contribution in [3.05, 3.63) is 72.3 Å². The molecule has 308 valence electrons. The molecule has 2 aromatic rings. The number of benzene rings is 2. The van der Waals surface area contributed by atoms with Crippen molar-refractivity contribution in [3.8, 4) is 17.2 Å². The Bertz CT molecular complexity index is 1660. The number of carbonyl (C=O) groups excluding carboxylic acids is 1. The predicted octanol–water partition coefficient (Wildman–Crippen LogP) is 9.72. The Morgan fingerprint density at radius 3 is 2.45 bits per heavy atom. The van der Waals surface area contributed by atoms with Crippen molar-refractivity contribution in [1.82, 2.24) is 4.90 Å². The van der Waals surface area contributed by atoms with Gasteiger partial charge in [0.1, 0.15) is 35.5 Å². The summed E-state index contributed by atoms with van der Waals surface area (Å²) in [6.07, 6.45) is 11.3. The molecular formula is C44H61ClN2O8S. The molecule has 5 rings (SSSR count). The van der Waals surface area contributed by atoms with Crippen LogP contribution in [0.2, 0.25) is 0 Å². The average molecular weight is 813 g/mol. The molecule has 1 fully saturated rings. The first-order valence-electron chi connectivity index (χ1n) is 20.1. The van der Waals surface area contributed by atoms with Crippen LogP contribution in [-0.2, 0) is 14.3 Å². The molecule has 12 heteroatoms. The number of aliphatic hydroxyl groups excluding tert-OH is 2. The summed E-state index contributed by atoms with van der Waals surface area (Å²) < 4.78 is 26.5. The number of halogens is 1. The second-order valence-corrected chi connectivity index (χ2v) is 17.0. The number of thioether (sulfide) groups is 1. The van der Waals surface area contributed by atoms with Gasteiger partial charge in [-0.25, -0.2) is 4.79 Å². The van der Waals surface area contributed by atoms with Gasteiger partial charge in [0.25, 0.3) is 0 Å². The van der Waals surface area contributed by atoms with Crippen molar-refractivity contribution in [2.24, 2.45) is 22.9 Å². The van der Waals surface area contributed by atoms with Gasteiger partial charge in [0.2, 0.25) is 5.79 Å². The molecule has 1 heterocycles. The minimum Gasteiger partial charge on any atom is -0.459 e. The lowest BCUT2D eigenvalue weighted by Crippen LogP contribution is -2.70. The summed E-state index contributed by atoms with van der Waals surface area (Å²) >= 11 is 7.69. The van der Waals surface area contributed by atoms with Crippen LogP contribution in [0.4, 0.5) is 4.79 Å². The Labute approximate surface area is 342 Å². The molecule has 2 N–H and O–H groups in total. The Morgan fingerprint density at radius 1 is 1.09 bits per heavy atom. The number of fused-ring (bicyclic) bond motifs is 2. The van der Waals surface area contributed by atoms with Gasteiger partial charge in [-0.05, 0) is 119 Å². The molecule has 2 aromatic carbocycles. The second kappa shape index (κ2) is 20.5. The number of hydrogen-bond donors (Lipinski definition) is 2. The summed E-state index contributed by atoms with van der Waals surface area (Å²) in [7, 11) is 0. The molecular weight excluding hydrogens is 752 g/mol. The van der Waals surface area contributed by atoms with Crippen LogP contribution in [0.25, 0.3) is 0 Å². The molecule has 1 amide bonds. The van der Waals surface area contributed by atoms with Crippen LogP contribution in [0, 0.1) is 17.8 Å². The first kappa shape index (κ1) is 43.9. The van der Waals surface area contributed by atoms with Crippen molar-refractivity contribution >= 4 is 35.2 Å². The van der Waals surface area contributed by atoms with Crippen molar-refractivity contribution in [2.45, 2.75) is 107 Å². The number of ether oxygens (including phenoxy) is 4. The van der Waals surface area contributed by atoms with Gasteiger partial charge in [0.05, 0.1) is 24.1 Å². The highest BCUT2D eigenvalue weighted by Gasteiger charge is 2.65. The number of rotatable bonds is 20. The second-order valence-electron chi connectivity index (χ2n) is 15.8. The Morgan fingerprint density at radius 2 is 1.80 bits per heavy atom. The maximum atomic E-state index is 14.1. The predicted molar refractivity (Wildman–Crippen MR) is 223 cm³/mol. The van der Waals surface area contributed by atoms with E-state index < -0.39 is 29.4 Å². The Hall–Kier alpha value is -3.22. The highest BCUT2D eigenvalue weighted by Crippen LogP contribution is 2.62. The number of unbranched alkanes of at least 4 members (excludes halogenated alkanes) is 2. The molecule has 6 unspecified atom stereocenters. The number of carbonyl (C=O) groups is 1. The van der Waals surface area contributed by atoms with E-state index in [4.69, 9.17) is 40.5 Å². The fourth-order valence-corrected chi connectivity index (χ4v) is 8.99. The summed E-state index contributed by atoms with van der Waals surface area (Å²) in [5, 5.41) is 24.6. The molecule has 2 aliphatic carbocycles. The topological polar surface area (TPSA) is 119 Å². The van der Waals surface area contributed by atoms with Gasteiger partial charge in [-0.3, -0.25) is 4.90 Å². The van der Waals surface area contributed by atoms with Gasteiger partial charge in [-0.15, -0.1) is 29.9 Å². The third kappa shape index (κ3) is 10.3. The number of oxime groups is 1. The first-order chi connectivity index (χ1) is 27.0. The van der Waals surface area contributed by atoms with E-state index in [1.807, 2.05) is 70.3 Å². The molecule has 0 saturated heterocycles. The van der Waals surface area contributed by atoms with Crippen LogP contribution in [0.15, 0.2) is 76.8 Å². The van der Waals surface area contributed by atoms with E-state index in [-0.39, 0.29) is 50.1 Å². The van der Waals surface area contributed by atoms with E-state index in [1.165, 1.54) is 0 Å². The standard InChI is InChI=1S/C44H61ClN2O8S/c1-7-22-47(42(50)51-26-21-45)39-29-37(46-55-43(3,4)5)35-27-30(13-9-11-23-48)34(14-10-12-24-49)40-36-28-32(53-31-15-18-33(56-6)19-16-31)17-20-38(36)54-44(39,41(35)40)52-25-8-2/h8,15-20,27-28,30,34,39-41,48-49H,2,7,9-14,21-26,29H2,1,3-6H3. The van der Waals surface area contributed by atoms with Crippen LogP contribution in [0.5, 0.6) is 17.2 Å². The summed E-state index contributed by atoms with van der Waals surface area (Å²) in [6.45, 7) is 12.8. The minimum absolute atomic E-state index is 0.0635. The lowest BCUT2D eigenvalue weighted by molar-refractivity contribution is -0.255. The van der Waals surface area contributed by atoms with Crippen LogP contribution in [-0.4, -0.2) is 89.5 Å². The fourth-order valence-electron chi connectivity index (χ4n) is 8.51. The molecule has 0 spiro atoms. The van der Waals surface area contributed by atoms with Gasteiger partial charge in [0.15, 0.2) is 0 Å². The first-order valence-corrected chi connectivity index (χ1v) is 21.9. The lowest BCUT2D eigenvalue weighted by Gasteiger charge is -2.60. The maximum absolute atomic E-state index is 14.1. The third-order valence-corrected chi connectivity index (χ3v) is 11.6. The number of allylic oxidation sites excluding steroid dienone is 1. The maximum Gasteiger partial charge on any atom is 0.410 e. The highest BCUT2D eigenvalue weighted by atomic mass is 35.5. The zero-order chi connectivity index (χ0) is 40.3. The van der Waals surface area contributed by atoms with E-state index in [0.29, 0.717) is 43.7 Å². The van der Waals surface area contributed by atoms with E-state index >= 15 is 0 Å². The van der Waals surface area contributed by atoms with Gasteiger partial charge >= 0.3 is 6.09 Å². The van der Waals surface area contributed by atoms with Gasteiger partial charge in [-0.1, -0.05) is 37.1 Å². The SMILES string of the molecule is C=CCOC12Oc3ccc(Oc4ccc(SC)cc4)cc3C3C(CCCCO)C(CCCCO)C=C(C(=NOC(C)(C)C)CC1N(CCC)C(=O)OCCCl)C32. The minimum atomic E-state index is -1.37. The number of alkyl halides is 1. The summed E-state index contributed by atoms with van der Waals surface area (Å²) in [5.41, 5.74) is 2.12. The molecule has 6 atom stereocenters. The number of amides is 1. The zero-order valence-electron chi connectivity index (χ0n) is 33.7. The molecule has 1 aliphatic heterocycles. The molecule has 0 aromatic heterocycles. The van der Waals surface area contributed by atoms with Crippen molar-refractivity contribution in [3.63, 3.8) is 0 Å². The van der Waals surface area contributed by atoms with Crippen LogP contribution in [0.3, 0.4) is 0 Å². The summed E-state index contributed by atoms with van der Waals surface area (Å²) in [5.74, 6) is 0.465. The van der Waals surface area contributed by atoms with Crippen LogP contribution < -0.4 is 9.47 Å². The van der Waals surface area contributed by atoms with Gasteiger partial charge in [0, 0.05) is 42.6 Å². The largest absolute Gasteiger partial charge is 0.459 e.